The van der Waals surface area contributed by atoms with Crippen molar-refractivity contribution in [3.05, 3.63) is 18.3 Å². The van der Waals surface area contributed by atoms with E-state index in [1.807, 2.05) is 13.8 Å². The van der Waals surface area contributed by atoms with Gasteiger partial charge in [-0.3, -0.25) is 0 Å². The third-order valence-corrected chi connectivity index (χ3v) is 3.92. The minimum Gasteiger partial charge on any atom is -0.365 e. The number of halogens is 1. The summed E-state index contributed by atoms with van der Waals surface area (Å²) in [7, 11) is -3.28. The number of hydrogen-bond donors (Lipinski definition) is 1. The van der Waals surface area contributed by atoms with Crippen LogP contribution < -0.4 is 5.32 Å². The maximum absolute atomic E-state index is 11.6. The molecule has 1 N–H and O–H groups in total. The van der Waals surface area contributed by atoms with E-state index in [-0.39, 0.29) is 10.9 Å². The summed E-state index contributed by atoms with van der Waals surface area (Å²) >= 11 is 5.84. The van der Waals surface area contributed by atoms with Gasteiger partial charge in [-0.05, 0) is 18.1 Å². The van der Waals surface area contributed by atoms with Crippen LogP contribution in [0.2, 0.25) is 0 Å². The summed E-state index contributed by atoms with van der Waals surface area (Å²) in [5, 5.41) is 3.08. The molecule has 0 saturated heterocycles. The van der Waals surface area contributed by atoms with Gasteiger partial charge < -0.3 is 5.32 Å². The number of rotatable bonds is 5. The quantitative estimate of drug-likeness (QED) is 0.838. The lowest BCUT2D eigenvalue weighted by atomic mass is 10.1. The van der Waals surface area contributed by atoms with E-state index in [2.05, 4.69) is 10.3 Å². The van der Waals surface area contributed by atoms with E-state index < -0.39 is 9.84 Å². The van der Waals surface area contributed by atoms with Gasteiger partial charge in [-0.25, -0.2) is 13.4 Å². The van der Waals surface area contributed by atoms with Crippen LogP contribution in [0.4, 0.5) is 5.82 Å². The molecule has 0 amide bonds. The summed E-state index contributed by atoms with van der Waals surface area (Å²) in [6.07, 6.45) is 2.73. The maximum Gasteiger partial charge on any atom is 0.179 e. The fraction of sp³-hybridized carbons (Fsp3) is 0.545. The topological polar surface area (TPSA) is 59.1 Å². The highest BCUT2D eigenvalue weighted by Gasteiger charge is 2.18. The first-order valence-corrected chi connectivity index (χ1v) is 7.76. The first-order chi connectivity index (χ1) is 7.86. The average molecular weight is 277 g/mol. The molecule has 1 aromatic rings. The van der Waals surface area contributed by atoms with Gasteiger partial charge in [0.25, 0.3) is 0 Å². The lowest BCUT2D eigenvalue weighted by molar-refractivity contribution is 0.560. The lowest BCUT2D eigenvalue weighted by Gasteiger charge is -2.21. The Bertz CT molecular complexity index is 474. The van der Waals surface area contributed by atoms with E-state index in [4.69, 9.17) is 11.6 Å². The molecule has 1 aromatic heterocycles. The molecular weight excluding hydrogens is 260 g/mol. The minimum absolute atomic E-state index is 0.00735. The van der Waals surface area contributed by atoms with Gasteiger partial charge in [0.15, 0.2) is 9.84 Å². The predicted molar refractivity (Wildman–Crippen MR) is 70.3 cm³/mol. The summed E-state index contributed by atoms with van der Waals surface area (Å²) in [4.78, 5) is 4.27. The van der Waals surface area contributed by atoms with E-state index in [1.165, 1.54) is 12.3 Å². The predicted octanol–water partition coefficient (Wildman–Crippen LogP) is 2.16. The molecule has 0 fully saturated rings. The SMILES string of the molecule is CC(C)C(CCl)Nc1ncccc1S(C)(=O)=O. The molecule has 0 saturated carbocycles. The first kappa shape index (κ1) is 14.3. The van der Waals surface area contributed by atoms with Crippen LogP contribution in [0.3, 0.4) is 0 Å². The Labute approximate surface area is 107 Å². The fourth-order valence-electron chi connectivity index (χ4n) is 1.36. The highest BCUT2D eigenvalue weighted by atomic mass is 35.5. The highest BCUT2D eigenvalue weighted by Crippen LogP contribution is 2.20. The van der Waals surface area contributed by atoms with Crippen molar-refractivity contribution in [1.29, 1.82) is 0 Å². The largest absolute Gasteiger partial charge is 0.365 e. The van der Waals surface area contributed by atoms with Gasteiger partial charge in [0.05, 0.1) is 0 Å². The number of alkyl halides is 1. The first-order valence-electron chi connectivity index (χ1n) is 5.34. The fourth-order valence-corrected chi connectivity index (χ4v) is 2.58. The molecule has 1 unspecified atom stereocenters. The Morgan fingerprint density at radius 3 is 2.59 bits per heavy atom. The molecule has 1 atom stereocenters. The number of anilines is 1. The van der Waals surface area contributed by atoms with E-state index >= 15 is 0 Å². The van der Waals surface area contributed by atoms with Gasteiger partial charge in [0, 0.05) is 24.4 Å². The third-order valence-electron chi connectivity index (χ3n) is 2.46. The number of nitrogens with zero attached hydrogens (tertiary/aromatic N) is 1. The third kappa shape index (κ3) is 3.85. The van der Waals surface area contributed by atoms with Crippen LogP contribution in [-0.2, 0) is 9.84 Å². The van der Waals surface area contributed by atoms with Gasteiger partial charge in [-0.15, -0.1) is 11.6 Å². The van der Waals surface area contributed by atoms with E-state index in [1.54, 1.807) is 12.3 Å². The zero-order valence-corrected chi connectivity index (χ0v) is 11.7. The zero-order valence-electron chi connectivity index (χ0n) is 10.1. The molecule has 96 valence electrons. The second-order valence-electron chi connectivity index (χ2n) is 4.27. The van der Waals surface area contributed by atoms with Crippen molar-refractivity contribution in [3.63, 3.8) is 0 Å². The second-order valence-corrected chi connectivity index (χ2v) is 6.56. The average Bonchev–Trinajstić information content (AvgIpc) is 2.24. The summed E-state index contributed by atoms with van der Waals surface area (Å²) in [6, 6.07) is 3.13. The van der Waals surface area contributed by atoms with Crippen molar-refractivity contribution >= 4 is 27.3 Å². The number of aromatic nitrogens is 1. The molecule has 0 bridgehead atoms. The van der Waals surface area contributed by atoms with Crippen LogP contribution >= 0.6 is 11.6 Å². The number of nitrogens with one attached hydrogen (secondary N) is 1. The Morgan fingerprint density at radius 2 is 2.12 bits per heavy atom. The highest BCUT2D eigenvalue weighted by molar-refractivity contribution is 7.90. The van der Waals surface area contributed by atoms with E-state index in [9.17, 15) is 8.42 Å². The summed E-state index contributed by atoms with van der Waals surface area (Å²) in [5.74, 6) is 1.06. The summed E-state index contributed by atoms with van der Waals surface area (Å²) in [6.45, 7) is 4.03. The molecule has 17 heavy (non-hydrogen) atoms. The van der Waals surface area contributed by atoms with Crippen molar-refractivity contribution in [2.24, 2.45) is 5.92 Å². The van der Waals surface area contributed by atoms with Crippen LogP contribution in [-0.4, -0.2) is 31.6 Å². The zero-order chi connectivity index (χ0) is 13.1. The minimum atomic E-state index is -3.28. The molecule has 0 aliphatic rings. The van der Waals surface area contributed by atoms with Crippen molar-refractivity contribution in [2.75, 3.05) is 17.5 Å². The Hall–Kier alpha value is -0.810. The van der Waals surface area contributed by atoms with E-state index in [0.717, 1.165) is 0 Å². The molecule has 1 rings (SSSR count). The molecule has 0 radical (unpaired) electrons. The molecule has 0 spiro atoms. The number of pyridine rings is 1. The summed E-state index contributed by atoms with van der Waals surface area (Å²) in [5.41, 5.74) is 0. The van der Waals surface area contributed by atoms with Crippen molar-refractivity contribution in [1.82, 2.24) is 4.98 Å². The van der Waals surface area contributed by atoms with Crippen molar-refractivity contribution in [2.45, 2.75) is 24.8 Å². The van der Waals surface area contributed by atoms with Gasteiger partial charge in [-0.2, -0.15) is 0 Å². The molecule has 6 heteroatoms. The molecule has 1 heterocycles. The lowest BCUT2D eigenvalue weighted by Crippen LogP contribution is -2.28. The Morgan fingerprint density at radius 1 is 1.47 bits per heavy atom. The molecule has 0 aliphatic heterocycles. The second kappa shape index (κ2) is 5.69. The summed E-state index contributed by atoms with van der Waals surface area (Å²) < 4.78 is 23.2. The number of hydrogen-bond acceptors (Lipinski definition) is 4. The van der Waals surface area contributed by atoms with Crippen molar-refractivity contribution < 1.29 is 8.42 Å². The Kier molecular flexibility index (Phi) is 4.77. The van der Waals surface area contributed by atoms with Crippen LogP contribution in [0.1, 0.15) is 13.8 Å². The smallest absolute Gasteiger partial charge is 0.179 e. The molecule has 0 aliphatic carbocycles. The van der Waals surface area contributed by atoms with Gasteiger partial charge in [0.2, 0.25) is 0 Å². The standard InChI is InChI=1S/C11H17ClN2O2S/c1-8(2)9(7-12)14-11-10(17(3,15)16)5-4-6-13-11/h4-6,8-9H,7H2,1-3H3,(H,13,14). The van der Waals surface area contributed by atoms with Crippen LogP contribution in [0.5, 0.6) is 0 Å². The van der Waals surface area contributed by atoms with Gasteiger partial charge in [-0.1, -0.05) is 13.8 Å². The maximum atomic E-state index is 11.6. The molecular formula is C11H17ClN2O2S. The molecule has 4 nitrogen and oxygen atoms in total. The monoisotopic (exact) mass is 276 g/mol. The van der Waals surface area contributed by atoms with E-state index in [0.29, 0.717) is 17.6 Å². The van der Waals surface area contributed by atoms with Crippen LogP contribution in [0, 0.1) is 5.92 Å². The van der Waals surface area contributed by atoms with Gasteiger partial charge in [0.1, 0.15) is 10.7 Å². The Balaban J connectivity index is 3.07. The normalized spacial score (nSPS) is 13.7. The van der Waals surface area contributed by atoms with Crippen LogP contribution in [0.15, 0.2) is 23.2 Å². The van der Waals surface area contributed by atoms with Gasteiger partial charge >= 0.3 is 0 Å². The van der Waals surface area contributed by atoms with Crippen LogP contribution in [0.25, 0.3) is 0 Å². The molecule has 0 aromatic carbocycles. The number of sulfone groups is 1. The van der Waals surface area contributed by atoms with Crippen molar-refractivity contribution in [3.8, 4) is 0 Å².